The lowest BCUT2D eigenvalue weighted by Gasteiger charge is -2.34. The molecule has 0 heterocycles. The normalized spacial score (nSPS) is 22.5. The first-order valence-corrected chi connectivity index (χ1v) is 5.98. The van der Waals surface area contributed by atoms with Crippen LogP contribution in [0.25, 0.3) is 0 Å². The van der Waals surface area contributed by atoms with Crippen LogP contribution in [0.2, 0.25) is 0 Å². The number of halogens is 2. The fourth-order valence-corrected chi connectivity index (χ4v) is 2.19. The Morgan fingerprint density at radius 2 is 2.06 bits per heavy atom. The molecule has 0 saturated heterocycles. The van der Waals surface area contributed by atoms with Gasteiger partial charge in [0.2, 0.25) is 0 Å². The second kappa shape index (κ2) is 5.42. The fraction of sp³-hybridized carbons (Fsp3) is 0.538. The summed E-state index contributed by atoms with van der Waals surface area (Å²) < 4.78 is 34.2. The van der Waals surface area contributed by atoms with Crippen molar-refractivity contribution in [2.45, 2.75) is 32.4 Å². The highest BCUT2D eigenvalue weighted by molar-refractivity contribution is 5.60. The SMILES string of the molecule is COc1ccc(OC(F)F)c(NC2CC(C)C2)c1. The van der Waals surface area contributed by atoms with Gasteiger partial charge in [-0.3, -0.25) is 0 Å². The molecule has 0 amide bonds. The Morgan fingerprint density at radius 1 is 1.33 bits per heavy atom. The van der Waals surface area contributed by atoms with Gasteiger partial charge in [0.05, 0.1) is 12.8 Å². The molecule has 1 N–H and O–H groups in total. The molecule has 1 aliphatic carbocycles. The van der Waals surface area contributed by atoms with Crippen LogP contribution >= 0.6 is 0 Å². The summed E-state index contributed by atoms with van der Waals surface area (Å²) in [7, 11) is 1.54. The van der Waals surface area contributed by atoms with Crippen LogP contribution in [0.15, 0.2) is 18.2 Å². The molecule has 18 heavy (non-hydrogen) atoms. The van der Waals surface area contributed by atoms with Gasteiger partial charge in [0, 0.05) is 12.1 Å². The number of alkyl halides is 2. The smallest absolute Gasteiger partial charge is 0.387 e. The van der Waals surface area contributed by atoms with Crippen molar-refractivity contribution in [1.29, 1.82) is 0 Å². The monoisotopic (exact) mass is 257 g/mol. The molecule has 1 aliphatic rings. The van der Waals surface area contributed by atoms with Crippen LogP contribution in [-0.2, 0) is 0 Å². The summed E-state index contributed by atoms with van der Waals surface area (Å²) in [5.41, 5.74) is 0.562. The number of methoxy groups -OCH3 is 1. The van der Waals surface area contributed by atoms with Crippen LogP contribution in [0.4, 0.5) is 14.5 Å². The highest BCUT2D eigenvalue weighted by atomic mass is 19.3. The molecule has 2 rings (SSSR count). The maximum atomic E-state index is 12.3. The van der Waals surface area contributed by atoms with Crippen LogP contribution in [0.1, 0.15) is 19.8 Å². The zero-order valence-electron chi connectivity index (χ0n) is 10.5. The Balaban J connectivity index is 2.12. The summed E-state index contributed by atoms with van der Waals surface area (Å²) in [5.74, 6) is 1.46. The van der Waals surface area contributed by atoms with Crippen molar-refractivity contribution < 1.29 is 18.3 Å². The van der Waals surface area contributed by atoms with E-state index in [1.807, 2.05) is 0 Å². The fourth-order valence-electron chi connectivity index (χ4n) is 2.19. The molecule has 0 aliphatic heterocycles. The van der Waals surface area contributed by atoms with E-state index in [-0.39, 0.29) is 5.75 Å². The molecule has 100 valence electrons. The van der Waals surface area contributed by atoms with Gasteiger partial charge in [-0.05, 0) is 30.9 Å². The van der Waals surface area contributed by atoms with Crippen molar-refractivity contribution in [3.05, 3.63) is 18.2 Å². The summed E-state index contributed by atoms with van der Waals surface area (Å²) in [6.45, 7) is -0.653. The highest BCUT2D eigenvalue weighted by Gasteiger charge is 2.26. The van der Waals surface area contributed by atoms with Gasteiger partial charge >= 0.3 is 6.61 Å². The van der Waals surface area contributed by atoms with Crippen molar-refractivity contribution in [1.82, 2.24) is 0 Å². The second-order valence-electron chi connectivity index (χ2n) is 4.66. The van der Waals surface area contributed by atoms with Gasteiger partial charge in [-0.25, -0.2) is 0 Å². The Morgan fingerprint density at radius 3 is 2.61 bits per heavy atom. The molecule has 0 radical (unpaired) electrons. The van der Waals surface area contributed by atoms with Gasteiger partial charge in [-0.2, -0.15) is 8.78 Å². The first-order valence-electron chi connectivity index (χ1n) is 5.98. The van der Waals surface area contributed by atoms with E-state index in [1.165, 1.54) is 13.2 Å². The predicted molar refractivity (Wildman–Crippen MR) is 65.4 cm³/mol. The van der Waals surface area contributed by atoms with Gasteiger partial charge in [-0.15, -0.1) is 0 Å². The molecule has 1 aromatic carbocycles. The number of ether oxygens (including phenoxy) is 2. The standard InChI is InChI=1S/C13H17F2NO2/c1-8-5-9(6-8)16-11-7-10(17-2)3-4-12(11)18-13(14)15/h3-4,7-9,13,16H,5-6H2,1-2H3. The maximum Gasteiger partial charge on any atom is 0.387 e. The largest absolute Gasteiger partial charge is 0.497 e. The first-order chi connectivity index (χ1) is 8.58. The minimum absolute atomic E-state index is 0.158. The van der Waals surface area contributed by atoms with Gasteiger partial charge in [-0.1, -0.05) is 6.92 Å². The van der Waals surface area contributed by atoms with E-state index in [0.29, 0.717) is 23.4 Å². The van der Waals surface area contributed by atoms with Crippen LogP contribution in [0.5, 0.6) is 11.5 Å². The van der Waals surface area contributed by atoms with E-state index < -0.39 is 6.61 Å². The average molecular weight is 257 g/mol. The molecule has 0 aromatic heterocycles. The summed E-state index contributed by atoms with van der Waals surface area (Å²) in [5, 5.41) is 3.22. The third-order valence-corrected chi connectivity index (χ3v) is 3.14. The van der Waals surface area contributed by atoms with Crippen molar-refractivity contribution in [3.8, 4) is 11.5 Å². The molecule has 0 bridgehead atoms. The lowest BCUT2D eigenvalue weighted by molar-refractivity contribution is -0.0494. The molecule has 1 fully saturated rings. The van der Waals surface area contributed by atoms with E-state index in [4.69, 9.17) is 4.74 Å². The molecule has 5 heteroatoms. The van der Waals surface area contributed by atoms with Crippen LogP contribution in [0.3, 0.4) is 0 Å². The number of rotatable bonds is 5. The minimum Gasteiger partial charge on any atom is -0.497 e. The van der Waals surface area contributed by atoms with E-state index in [0.717, 1.165) is 12.8 Å². The number of hydrogen-bond donors (Lipinski definition) is 1. The third-order valence-electron chi connectivity index (χ3n) is 3.14. The molecule has 0 atom stereocenters. The Bertz CT molecular complexity index is 406. The minimum atomic E-state index is -2.82. The lowest BCUT2D eigenvalue weighted by Crippen LogP contribution is -2.33. The molecular weight excluding hydrogens is 240 g/mol. The molecule has 0 unspecified atom stereocenters. The summed E-state index contributed by atoms with van der Waals surface area (Å²) in [6, 6.07) is 5.11. The lowest BCUT2D eigenvalue weighted by atomic mass is 9.82. The average Bonchev–Trinajstić information content (AvgIpc) is 2.28. The number of benzene rings is 1. The summed E-state index contributed by atoms with van der Waals surface area (Å²) >= 11 is 0. The number of hydrogen-bond acceptors (Lipinski definition) is 3. The second-order valence-corrected chi connectivity index (χ2v) is 4.66. The van der Waals surface area contributed by atoms with Gasteiger partial charge in [0.1, 0.15) is 11.5 Å². The third kappa shape index (κ3) is 3.03. The highest BCUT2D eigenvalue weighted by Crippen LogP contribution is 2.35. The quantitative estimate of drug-likeness (QED) is 0.875. The van der Waals surface area contributed by atoms with Crippen LogP contribution < -0.4 is 14.8 Å². The van der Waals surface area contributed by atoms with Crippen LogP contribution in [-0.4, -0.2) is 19.8 Å². The Labute approximate surface area is 105 Å². The van der Waals surface area contributed by atoms with E-state index in [1.54, 1.807) is 12.1 Å². The number of anilines is 1. The summed E-state index contributed by atoms with van der Waals surface area (Å²) in [6.07, 6.45) is 2.09. The Hall–Kier alpha value is -1.52. The first kappa shape index (κ1) is 12.9. The molecule has 1 saturated carbocycles. The molecule has 0 spiro atoms. The van der Waals surface area contributed by atoms with Gasteiger partial charge in [0.25, 0.3) is 0 Å². The van der Waals surface area contributed by atoms with E-state index in [2.05, 4.69) is 17.0 Å². The predicted octanol–water partition coefficient (Wildman–Crippen LogP) is 3.51. The van der Waals surface area contributed by atoms with Crippen molar-refractivity contribution in [2.24, 2.45) is 5.92 Å². The zero-order chi connectivity index (χ0) is 13.1. The van der Waals surface area contributed by atoms with Crippen molar-refractivity contribution in [2.75, 3.05) is 12.4 Å². The van der Waals surface area contributed by atoms with Gasteiger partial charge in [0.15, 0.2) is 0 Å². The Kier molecular flexibility index (Phi) is 3.89. The topological polar surface area (TPSA) is 30.5 Å². The molecule has 1 aromatic rings. The molecule has 3 nitrogen and oxygen atoms in total. The molecular formula is C13H17F2NO2. The van der Waals surface area contributed by atoms with E-state index in [9.17, 15) is 8.78 Å². The summed E-state index contributed by atoms with van der Waals surface area (Å²) in [4.78, 5) is 0. The van der Waals surface area contributed by atoms with Crippen molar-refractivity contribution in [3.63, 3.8) is 0 Å². The zero-order valence-corrected chi connectivity index (χ0v) is 10.5. The maximum absolute atomic E-state index is 12.3. The number of nitrogens with one attached hydrogen (secondary N) is 1. The van der Waals surface area contributed by atoms with Crippen molar-refractivity contribution >= 4 is 5.69 Å². The van der Waals surface area contributed by atoms with E-state index >= 15 is 0 Å². The van der Waals surface area contributed by atoms with Gasteiger partial charge < -0.3 is 14.8 Å². The van der Waals surface area contributed by atoms with Crippen LogP contribution in [0, 0.1) is 5.92 Å².